The van der Waals surface area contributed by atoms with Crippen LogP contribution >= 0.6 is 11.6 Å². The average molecular weight is 588 g/mol. The number of hydrogen-bond donors (Lipinski definition) is 1. The lowest BCUT2D eigenvalue weighted by Gasteiger charge is -2.45. The molecular formula is C28H28ClF2N5O5. The number of halogens is 3. The molecular weight excluding hydrogens is 560 g/mol. The van der Waals surface area contributed by atoms with Gasteiger partial charge in [-0.1, -0.05) is 23.7 Å². The van der Waals surface area contributed by atoms with E-state index in [0.29, 0.717) is 10.7 Å². The molecule has 2 fully saturated rings. The van der Waals surface area contributed by atoms with Gasteiger partial charge in [0.1, 0.15) is 11.9 Å². The second-order valence-electron chi connectivity index (χ2n) is 10.1. The van der Waals surface area contributed by atoms with E-state index in [-0.39, 0.29) is 31.3 Å². The number of aromatic nitrogens is 1. The van der Waals surface area contributed by atoms with Crippen LogP contribution in [-0.4, -0.2) is 65.2 Å². The number of rotatable bonds is 8. The zero-order valence-electron chi connectivity index (χ0n) is 22.5. The lowest BCUT2D eigenvalue weighted by Crippen LogP contribution is -2.69. The Bertz CT molecular complexity index is 1430. The van der Waals surface area contributed by atoms with E-state index in [1.54, 1.807) is 56.1 Å². The number of urea groups is 2. The van der Waals surface area contributed by atoms with Gasteiger partial charge in [-0.2, -0.15) is 0 Å². The Morgan fingerprint density at radius 3 is 2.54 bits per heavy atom. The largest absolute Gasteiger partial charge is 0.436 e. The molecule has 10 nitrogen and oxygen atoms in total. The van der Waals surface area contributed by atoms with Crippen LogP contribution in [0, 0.1) is 11.6 Å². The molecule has 216 valence electrons. The third-order valence-electron chi connectivity index (χ3n) is 6.59. The van der Waals surface area contributed by atoms with Crippen molar-refractivity contribution >= 4 is 29.4 Å². The number of hydrogen-bond acceptors (Lipinski definition) is 7. The van der Waals surface area contributed by atoms with Gasteiger partial charge in [0.25, 0.3) is 0 Å². The predicted octanol–water partition coefficient (Wildman–Crippen LogP) is 5.32. The van der Waals surface area contributed by atoms with E-state index >= 15 is 4.39 Å². The Morgan fingerprint density at radius 2 is 1.90 bits per heavy atom. The molecule has 3 heterocycles. The summed E-state index contributed by atoms with van der Waals surface area (Å²) in [6.07, 6.45) is -0.503. The van der Waals surface area contributed by atoms with Gasteiger partial charge in [0.15, 0.2) is 23.6 Å². The van der Waals surface area contributed by atoms with Crippen molar-refractivity contribution in [3.8, 4) is 11.6 Å². The highest BCUT2D eigenvalue weighted by Gasteiger charge is 2.43. The molecule has 0 bridgehead atoms. The maximum Gasteiger partial charge on any atom is 0.331 e. The summed E-state index contributed by atoms with van der Waals surface area (Å²) in [5.74, 6) is -2.20. The normalized spacial score (nSPS) is 20.2. The fourth-order valence-electron chi connectivity index (χ4n) is 4.55. The van der Waals surface area contributed by atoms with Gasteiger partial charge < -0.3 is 19.1 Å². The van der Waals surface area contributed by atoms with Crippen molar-refractivity contribution in [2.45, 2.75) is 38.6 Å². The Labute approximate surface area is 240 Å². The van der Waals surface area contributed by atoms with Gasteiger partial charge in [0.2, 0.25) is 5.88 Å². The van der Waals surface area contributed by atoms with Gasteiger partial charge in [0.05, 0.1) is 25.9 Å². The molecule has 1 unspecified atom stereocenters. The first-order chi connectivity index (χ1) is 19.5. The van der Waals surface area contributed by atoms with E-state index in [0.717, 1.165) is 22.7 Å². The van der Waals surface area contributed by atoms with E-state index in [9.17, 15) is 14.0 Å². The SMILES string of the molecule is CN(c1ccc(Oc2ccc(F)cn2)c(F)c1)C1NC(=O)N(C[C@H]2COC(C)(C)O2)C(=O)N1Cc1ccc(Cl)cc1. The van der Waals surface area contributed by atoms with Gasteiger partial charge in [0, 0.05) is 29.9 Å². The summed E-state index contributed by atoms with van der Waals surface area (Å²) in [4.78, 5) is 34.8. The monoisotopic (exact) mass is 587 g/mol. The van der Waals surface area contributed by atoms with E-state index in [2.05, 4.69) is 10.3 Å². The first kappa shape index (κ1) is 28.5. The lowest BCUT2D eigenvalue weighted by molar-refractivity contribution is -0.139. The third kappa shape index (κ3) is 6.50. The number of ether oxygens (including phenoxy) is 3. The number of amides is 4. The number of benzene rings is 2. The van der Waals surface area contributed by atoms with Crippen LogP contribution in [0.15, 0.2) is 60.8 Å². The minimum absolute atomic E-state index is 0.0142. The zero-order chi connectivity index (χ0) is 29.3. The molecule has 1 N–H and O–H groups in total. The van der Waals surface area contributed by atoms with Crippen LogP contribution in [0.25, 0.3) is 0 Å². The van der Waals surface area contributed by atoms with E-state index in [4.69, 9.17) is 25.8 Å². The number of carbonyl (C=O) groups excluding carboxylic acids is 2. The number of nitrogens with one attached hydrogen (secondary N) is 1. The molecule has 2 saturated heterocycles. The fourth-order valence-corrected chi connectivity index (χ4v) is 4.67. The fraction of sp³-hybridized carbons (Fsp3) is 0.321. The highest BCUT2D eigenvalue weighted by Crippen LogP contribution is 2.30. The molecule has 2 atom stereocenters. The van der Waals surface area contributed by atoms with Gasteiger partial charge >= 0.3 is 12.1 Å². The highest BCUT2D eigenvalue weighted by molar-refractivity contribution is 6.30. The molecule has 3 aromatic rings. The molecule has 1 aromatic heterocycles. The Hall–Kier alpha value is -4.00. The Kier molecular flexibility index (Phi) is 7.98. The second-order valence-corrected chi connectivity index (χ2v) is 10.5. The number of nitrogens with zero attached hydrogens (tertiary/aromatic N) is 4. The first-order valence-electron chi connectivity index (χ1n) is 12.8. The summed E-state index contributed by atoms with van der Waals surface area (Å²) in [6, 6.07) is 12.4. The standard InChI is InChI=1S/C28H28ClF2N5O5/c1-28(2)39-16-21(41-28)15-36-26(37)33-25(35(27(36)38)14-17-4-6-18(29)7-5-17)34(3)20-9-10-23(22(31)12-20)40-24-11-8-19(30)13-32-24/h4-13,21,25H,14-16H2,1-3H3,(H,33,37)/t21-,25?/m0/s1. The van der Waals surface area contributed by atoms with Crippen molar-refractivity contribution in [2.24, 2.45) is 0 Å². The summed E-state index contributed by atoms with van der Waals surface area (Å²) in [7, 11) is 1.62. The van der Waals surface area contributed by atoms with Crippen molar-refractivity contribution in [3.63, 3.8) is 0 Å². The summed E-state index contributed by atoms with van der Waals surface area (Å²) in [5, 5.41) is 3.39. The van der Waals surface area contributed by atoms with Gasteiger partial charge in [-0.3, -0.25) is 10.2 Å². The van der Waals surface area contributed by atoms with Crippen LogP contribution in [0.1, 0.15) is 19.4 Å². The number of pyridine rings is 1. The van der Waals surface area contributed by atoms with E-state index in [1.807, 2.05) is 0 Å². The van der Waals surface area contributed by atoms with Crippen molar-refractivity contribution in [2.75, 3.05) is 25.1 Å². The van der Waals surface area contributed by atoms with Crippen LogP contribution in [0.2, 0.25) is 5.02 Å². The molecule has 5 rings (SSSR count). The molecule has 0 spiro atoms. The van der Waals surface area contributed by atoms with Crippen molar-refractivity contribution in [3.05, 3.63) is 83.0 Å². The van der Waals surface area contributed by atoms with E-state index in [1.165, 1.54) is 23.1 Å². The highest BCUT2D eigenvalue weighted by atomic mass is 35.5. The summed E-state index contributed by atoms with van der Waals surface area (Å²) in [5.41, 5.74) is 1.12. The minimum Gasteiger partial charge on any atom is -0.436 e. The molecule has 41 heavy (non-hydrogen) atoms. The molecule has 13 heteroatoms. The van der Waals surface area contributed by atoms with Crippen LogP contribution in [-0.2, 0) is 16.0 Å². The Balaban J connectivity index is 1.38. The molecule has 2 aliphatic heterocycles. The second kappa shape index (κ2) is 11.5. The predicted molar refractivity (Wildman–Crippen MR) is 145 cm³/mol. The summed E-state index contributed by atoms with van der Waals surface area (Å²) >= 11 is 6.04. The smallest absolute Gasteiger partial charge is 0.331 e. The maximum absolute atomic E-state index is 15.1. The average Bonchev–Trinajstić information content (AvgIpc) is 3.29. The number of anilines is 1. The molecule has 4 amide bonds. The zero-order valence-corrected chi connectivity index (χ0v) is 23.3. The van der Waals surface area contributed by atoms with Crippen LogP contribution in [0.5, 0.6) is 11.6 Å². The molecule has 0 radical (unpaired) electrons. The number of imide groups is 1. The van der Waals surface area contributed by atoms with Gasteiger partial charge in [-0.15, -0.1) is 0 Å². The molecule has 2 aliphatic rings. The van der Waals surface area contributed by atoms with Gasteiger partial charge in [-0.25, -0.2) is 28.3 Å². The maximum atomic E-state index is 15.1. The van der Waals surface area contributed by atoms with Crippen molar-refractivity contribution in [1.82, 2.24) is 20.1 Å². The van der Waals surface area contributed by atoms with Crippen LogP contribution < -0.4 is 15.0 Å². The van der Waals surface area contributed by atoms with Gasteiger partial charge in [-0.05, 0) is 49.7 Å². The topological polar surface area (TPSA) is 96.5 Å². The van der Waals surface area contributed by atoms with Crippen molar-refractivity contribution < 1.29 is 32.6 Å². The summed E-state index contributed by atoms with van der Waals surface area (Å²) in [6.45, 7) is 3.85. The third-order valence-corrected chi connectivity index (χ3v) is 6.85. The Morgan fingerprint density at radius 1 is 1.15 bits per heavy atom. The van der Waals surface area contributed by atoms with E-state index < -0.39 is 41.9 Å². The first-order valence-corrected chi connectivity index (χ1v) is 13.1. The lowest BCUT2D eigenvalue weighted by atomic mass is 10.2. The van der Waals surface area contributed by atoms with Crippen molar-refractivity contribution in [1.29, 1.82) is 0 Å². The van der Waals surface area contributed by atoms with Crippen LogP contribution in [0.3, 0.4) is 0 Å². The number of carbonyl (C=O) groups is 2. The van der Waals surface area contributed by atoms with Crippen LogP contribution in [0.4, 0.5) is 24.1 Å². The molecule has 0 aliphatic carbocycles. The molecule has 2 aromatic carbocycles. The quantitative estimate of drug-likeness (QED) is 0.381. The minimum atomic E-state index is -0.968. The molecule has 0 saturated carbocycles. The summed E-state index contributed by atoms with van der Waals surface area (Å²) < 4.78 is 45.0.